The third-order valence-electron chi connectivity index (χ3n) is 4.10. The lowest BCUT2D eigenvalue weighted by Gasteiger charge is -2.27. The van der Waals surface area contributed by atoms with E-state index in [0.717, 1.165) is 25.1 Å². The van der Waals surface area contributed by atoms with Crippen LogP contribution in [0.5, 0.6) is 5.75 Å². The second kappa shape index (κ2) is 6.10. The first kappa shape index (κ1) is 13.2. The van der Waals surface area contributed by atoms with Crippen molar-refractivity contribution in [2.24, 2.45) is 0 Å². The van der Waals surface area contributed by atoms with Crippen LogP contribution in [0, 0.1) is 0 Å². The lowest BCUT2D eigenvalue weighted by molar-refractivity contribution is 0.393. The molecule has 0 heterocycles. The van der Waals surface area contributed by atoms with Crippen LogP contribution in [0.25, 0.3) is 0 Å². The minimum atomic E-state index is 0.541. The molecule has 104 valence electrons. The van der Waals surface area contributed by atoms with E-state index < -0.39 is 0 Å². The second-order valence-electron chi connectivity index (χ2n) is 5.40. The number of aryl methyl sites for hydroxylation is 1. The molecule has 0 aliphatic heterocycles. The highest BCUT2D eigenvalue weighted by Gasteiger charge is 2.20. The van der Waals surface area contributed by atoms with Crippen LogP contribution in [0.4, 0.5) is 0 Å². The van der Waals surface area contributed by atoms with E-state index in [0.29, 0.717) is 6.04 Å². The predicted octanol–water partition coefficient (Wildman–Crippen LogP) is 3.34. The van der Waals surface area contributed by atoms with E-state index in [-0.39, 0.29) is 0 Å². The van der Waals surface area contributed by atoms with E-state index in [2.05, 4.69) is 53.8 Å². The molecule has 0 amide bonds. The first-order valence-electron chi connectivity index (χ1n) is 7.29. The van der Waals surface area contributed by atoms with Gasteiger partial charge in [-0.1, -0.05) is 42.5 Å². The molecule has 20 heavy (non-hydrogen) atoms. The van der Waals surface area contributed by atoms with Crippen molar-refractivity contribution in [2.75, 3.05) is 7.11 Å². The molecule has 0 spiro atoms. The summed E-state index contributed by atoms with van der Waals surface area (Å²) in [5.41, 5.74) is 4.17. The monoisotopic (exact) mass is 267 g/mol. The number of ether oxygens (including phenoxy) is 1. The van der Waals surface area contributed by atoms with Gasteiger partial charge in [0.2, 0.25) is 0 Å². The van der Waals surface area contributed by atoms with E-state index in [4.69, 9.17) is 4.74 Å². The molecule has 1 N–H and O–H groups in total. The van der Waals surface area contributed by atoms with E-state index in [1.54, 1.807) is 7.11 Å². The first-order valence-corrected chi connectivity index (χ1v) is 7.29. The van der Waals surface area contributed by atoms with Crippen molar-refractivity contribution in [3.63, 3.8) is 0 Å². The Morgan fingerprint density at radius 1 is 1.10 bits per heavy atom. The maximum Gasteiger partial charge on any atom is 0.122 e. The van der Waals surface area contributed by atoms with Gasteiger partial charge in [-0.05, 0) is 42.0 Å². The van der Waals surface area contributed by atoms with Gasteiger partial charge in [0.05, 0.1) is 7.11 Å². The van der Waals surface area contributed by atoms with Crippen molar-refractivity contribution >= 4 is 0 Å². The normalized spacial score (nSPS) is 17.6. The number of fused-ring (bicyclic) bond motifs is 1. The molecule has 1 aliphatic rings. The van der Waals surface area contributed by atoms with Crippen molar-refractivity contribution in [1.29, 1.82) is 0 Å². The van der Waals surface area contributed by atoms with Crippen LogP contribution < -0.4 is 10.1 Å². The summed E-state index contributed by atoms with van der Waals surface area (Å²) in [6.07, 6.45) is 3.40. The Morgan fingerprint density at radius 2 is 1.95 bits per heavy atom. The topological polar surface area (TPSA) is 21.3 Å². The van der Waals surface area contributed by atoms with Gasteiger partial charge in [0.1, 0.15) is 5.75 Å². The van der Waals surface area contributed by atoms with Crippen LogP contribution >= 0.6 is 0 Å². The molecular weight excluding hydrogens is 246 g/mol. The summed E-state index contributed by atoms with van der Waals surface area (Å²) in [7, 11) is 1.76. The standard InChI is InChI=1S/C18H21NO/c1-20-18-9-5-8-15-10-11-16(12-17(15)18)19-13-14-6-3-2-4-7-14/h2-9,16,19H,10-13H2,1H3/t16-/m0/s1. The van der Waals surface area contributed by atoms with Gasteiger partial charge in [-0.2, -0.15) is 0 Å². The number of methoxy groups -OCH3 is 1. The van der Waals surface area contributed by atoms with Crippen LogP contribution in [-0.4, -0.2) is 13.2 Å². The first-order chi connectivity index (χ1) is 9.86. The molecule has 2 heteroatoms. The van der Waals surface area contributed by atoms with Crippen molar-refractivity contribution < 1.29 is 4.74 Å². The van der Waals surface area contributed by atoms with Crippen LogP contribution in [0.3, 0.4) is 0 Å². The number of rotatable bonds is 4. The second-order valence-corrected chi connectivity index (χ2v) is 5.40. The van der Waals surface area contributed by atoms with E-state index in [1.165, 1.54) is 23.1 Å². The Balaban J connectivity index is 1.66. The number of hydrogen-bond acceptors (Lipinski definition) is 2. The Hall–Kier alpha value is -1.80. The molecule has 2 aromatic rings. The van der Waals surface area contributed by atoms with Gasteiger partial charge in [-0.3, -0.25) is 0 Å². The fourth-order valence-corrected chi connectivity index (χ4v) is 2.98. The third kappa shape index (κ3) is 2.86. The summed E-state index contributed by atoms with van der Waals surface area (Å²) in [6.45, 7) is 0.940. The average Bonchev–Trinajstić information content (AvgIpc) is 2.53. The zero-order valence-corrected chi connectivity index (χ0v) is 11.9. The third-order valence-corrected chi connectivity index (χ3v) is 4.10. The molecule has 2 aromatic carbocycles. The Morgan fingerprint density at radius 3 is 2.75 bits per heavy atom. The molecule has 0 bridgehead atoms. The van der Waals surface area contributed by atoms with E-state index in [9.17, 15) is 0 Å². The minimum Gasteiger partial charge on any atom is -0.496 e. The fourth-order valence-electron chi connectivity index (χ4n) is 2.98. The lowest BCUT2D eigenvalue weighted by atomic mass is 9.87. The Labute approximate surface area is 120 Å². The zero-order chi connectivity index (χ0) is 13.8. The van der Waals surface area contributed by atoms with Crippen LogP contribution in [0.1, 0.15) is 23.1 Å². The van der Waals surface area contributed by atoms with Gasteiger partial charge in [-0.25, -0.2) is 0 Å². The summed E-state index contributed by atoms with van der Waals surface area (Å²) in [5, 5.41) is 3.67. The van der Waals surface area contributed by atoms with Gasteiger partial charge in [0, 0.05) is 12.6 Å². The molecule has 0 saturated carbocycles. The highest BCUT2D eigenvalue weighted by atomic mass is 16.5. The molecule has 1 aliphatic carbocycles. The Kier molecular flexibility index (Phi) is 4.03. The van der Waals surface area contributed by atoms with Gasteiger partial charge in [-0.15, -0.1) is 0 Å². The maximum atomic E-state index is 5.50. The highest BCUT2D eigenvalue weighted by Crippen LogP contribution is 2.29. The molecule has 0 saturated heterocycles. The Bertz CT molecular complexity index is 551. The number of benzene rings is 2. The minimum absolute atomic E-state index is 0.541. The van der Waals surface area contributed by atoms with E-state index in [1.807, 2.05) is 0 Å². The largest absolute Gasteiger partial charge is 0.496 e. The van der Waals surface area contributed by atoms with Gasteiger partial charge in [0.25, 0.3) is 0 Å². The summed E-state index contributed by atoms with van der Waals surface area (Å²) in [6, 6.07) is 17.5. The molecule has 0 fully saturated rings. The van der Waals surface area contributed by atoms with Gasteiger partial charge in [0.15, 0.2) is 0 Å². The van der Waals surface area contributed by atoms with Gasteiger partial charge >= 0.3 is 0 Å². The highest BCUT2D eigenvalue weighted by molar-refractivity contribution is 5.42. The van der Waals surface area contributed by atoms with Crippen molar-refractivity contribution in [3.8, 4) is 5.75 Å². The van der Waals surface area contributed by atoms with Gasteiger partial charge < -0.3 is 10.1 Å². The summed E-state index contributed by atoms with van der Waals surface area (Å²) < 4.78 is 5.50. The SMILES string of the molecule is COc1cccc2c1C[C@@H](NCc1ccccc1)CC2. The molecular formula is C18H21NO. The fraction of sp³-hybridized carbons (Fsp3) is 0.333. The zero-order valence-electron chi connectivity index (χ0n) is 11.9. The van der Waals surface area contributed by atoms with Crippen molar-refractivity contribution in [1.82, 2.24) is 5.32 Å². The summed E-state index contributed by atoms with van der Waals surface area (Å²) in [4.78, 5) is 0. The molecule has 2 nitrogen and oxygen atoms in total. The van der Waals surface area contributed by atoms with Crippen LogP contribution in [-0.2, 0) is 19.4 Å². The quantitative estimate of drug-likeness (QED) is 0.917. The smallest absolute Gasteiger partial charge is 0.122 e. The number of hydrogen-bond donors (Lipinski definition) is 1. The van der Waals surface area contributed by atoms with Crippen LogP contribution in [0.15, 0.2) is 48.5 Å². The van der Waals surface area contributed by atoms with Crippen molar-refractivity contribution in [2.45, 2.75) is 31.8 Å². The van der Waals surface area contributed by atoms with E-state index >= 15 is 0 Å². The maximum absolute atomic E-state index is 5.50. The predicted molar refractivity (Wildman–Crippen MR) is 82.1 cm³/mol. The molecule has 0 unspecified atom stereocenters. The molecule has 0 aromatic heterocycles. The summed E-state index contributed by atoms with van der Waals surface area (Å²) in [5.74, 6) is 1.04. The summed E-state index contributed by atoms with van der Waals surface area (Å²) >= 11 is 0. The molecule has 1 atom stereocenters. The molecule has 3 rings (SSSR count). The van der Waals surface area contributed by atoms with Crippen molar-refractivity contribution in [3.05, 3.63) is 65.2 Å². The lowest BCUT2D eigenvalue weighted by Crippen LogP contribution is -2.34. The number of nitrogens with one attached hydrogen (secondary N) is 1. The van der Waals surface area contributed by atoms with Crippen LogP contribution in [0.2, 0.25) is 0 Å². The molecule has 0 radical (unpaired) electrons. The average molecular weight is 267 g/mol.